The van der Waals surface area contributed by atoms with E-state index in [0.29, 0.717) is 6.54 Å². The van der Waals surface area contributed by atoms with E-state index in [9.17, 15) is 9.59 Å². The largest absolute Gasteiger partial charge is 0.308 e. The van der Waals surface area contributed by atoms with Crippen LogP contribution in [0, 0.1) is 26.7 Å². The molecule has 1 heterocycles. The fourth-order valence-corrected chi connectivity index (χ4v) is 3.18. The van der Waals surface area contributed by atoms with Crippen LogP contribution in [0.25, 0.3) is 0 Å². The lowest BCUT2D eigenvalue weighted by atomic mass is 10.0. The highest BCUT2D eigenvalue weighted by atomic mass is 32.1. The maximum Gasteiger partial charge on any atom is 0.251 e. The zero-order valence-corrected chi connectivity index (χ0v) is 16.1. The third-order valence-corrected chi connectivity index (χ3v) is 4.28. The Labute approximate surface area is 153 Å². The summed E-state index contributed by atoms with van der Waals surface area (Å²) in [5.74, 6) is -1.76. The van der Waals surface area contributed by atoms with Gasteiger partial charge in [-0.25, -0.2) is 0 Å². The van der Waals surface area contributed by atoms with E-state index in [2.05, 4.69) is 10.3 Å². The third-order valence-electron chi connectivity index (χ3n) is 3.99. The number of likely N-dealkylation sites (N-methyl/N-ethyl adjacent to an activating group) is 1. The van der Waals surface area contributed by atoms with Gasteiger partial charge in [-0.15, -0.1) is 0 Å². The molecule has 7 heteroatoms. The number of nitrogens with zero attached hydrogens (tertiary/aromatic N) is 3. The number of nitrogens with one attached hydrogen (secondary N) is 1. The Bertz CT molecular complexity index is 720. The Hall–Kier alpha value is -2.12. The first-order valence-corrected chi connectivity index (χ1v) is 8.54. The van der Waals surface area contributed by atoms with Gasteiger partial charge in [-0.1, -0.05) is 17.7 Å². The topological polar surface area (TPSA) is 65.0 Å². The number of amides is 2. The minimum absolute atomic E-state index is 0.114. The molecule has 2 rings (SSSR count). The van der Waals surface area contributed by atoms with Crippen molar-refractivity contribution in [2.24, 2.45) is 10.9 Å². The lowest BCUT2D eigenvalue weighted by Gasteiger charge is -2.33. The Morgan fingerprint density at radius 3 is 2.40 bits per heavy atom. The SMILES string of the molecule is Cc1cc(C)c(N2C(=O)[C@@H](C=NCCN(C)C)C(=O)NC2=S)c(C)c1. The molecule has 1 aromatic rings. The molecule has 0 bridgehead atoms. The van der Waals surface area contributed by atoms with Gasteiger partial charge >= 0.3 is 0 Å². The van der Waals surface area contributed by atoms with Gasteiger partial charge in [-0.3, -0.25) is 19.5 Å². The molecular weight excluding hydrogens is 336 g/mol. The minimum atomic E-state index is -0.964. The third kappa shape index (κ3) is 4.29. The lowest BCUT2D eigenvalue weighted by molar-refractivity contribution is -0.130. The van der Waals surface area contributed by atoms with Crippen molar-refractivity contribution < 1.29 is 9.59 Å². The maximum absolute atomic E-state index is 12.9. The Morgan fingerprint density at radius 1 is 1.24 bits per heavy atom. The van der Waals surface area contributed by atoms with Crippen LogP contribution in [-0.2, 0) is 9.59 Å². The van der Waals surface area contributed by atoms with Crippen molar-refractivity contribution in [1.29, 1.82) is 0 Å². The maximum atomic E-state index is 12.9. The van der Waals surface area contributed by atoms with Gasteiger partial charge in [0.05, 0.1) is 12.2 Å². The lowest BCUT2D eigenvalue weighted by Crippen LogP contribution is -2.59. The predicted octanol–water partition coefficient (Wildman–Crippen LogP) is 1.61. The van der Waals surface area contributed by atoms with Crippen LogP contribution in [0.3, 0.4) is 0 Å². The van der Waals surface area contributed by atoms with Crippen LogP contribution < -0.4 is 10.2 Å². The van der Waals surface area contributed by atoms with Crippen molar-refractivity contribution in [2.45, 2.75) is 20.8 Å². The summed E-state index contributed by atoms with van der Waals surface area (Å²) in [6.07, 6.45) is 1.43. The molecule has 134 valence electrons. The van der Waals surface area contributed by atoms with E-state index in [1.165, 1.54) is 11.1 Å². The minimum Gasteiger partial charge on any atom is -0.308 e. The van der Waals surface area contributed by atoms with Crippen molar-refractivity contribution in [1.82, 2.24) is 10.2 Å². The van der Waals surface area contributed by atoms with Crippen LogP contribution in [0.2, 0.25) is 0 Å². The first-order chi connectivity index (χ1) is 11.7. The Kier molecular flexibility index (Phi) is 6.02. The van der Waals surface area contributed by atoms with Gasteiger partial charge in [-0.05, 0) is 58.2 Å². The molecule has 1 aromatic carbocycles. The molecule has 1 saturated heterocycles. The number of carbonyl (C=O) groups excluding carboxylic acids is 2. The van der Waals surface area contributed by atoms with Gasteiger partial charge in [0.25, 0.3) is 5.91 Å². The molecule has 2 amide bonds. The van der Waals surface area contributed by atoms with Crippen LogP contribution in [0.5, 0.6) is 0 Å². The average Bonchev–Trinajstić information content (AvgIpc) is 2.48. The van der Waals surface area contributed by atoms with E-state index < -0.39 is 11.8 Å². The smallest absolute Gasteiger partial charge is 0.251 e. The van der Waals surface area contributed by atoms with Crippen LogP contribution in [0.4, 0.5) is 5.69 Å². The molecule has 1 aliphatic heterocycles. The number of aliphatic imine (C=N–C) groups is 1. The van der Waals surface area contributed by atoms with Crippen molar-refractivity contribution in [3.63, 3.8) is 0 Å². The number of hydrogen-bond donors (Lipinski definition) is 1. The van der Waals surface area contributed by atoms with Gasteiger partial charge < -0.3 is 10.2 Å². The molecule has 6 nitrogen and oxygen atoms in total. The molecule has 0 saturated carbocycles. The molecule has 1 aliphatic rings. The molecule has 25 heavy (non-hydrogen) atoms. The monoisotopic (exact) mass is 360 g/mol. The highest BCUT2D eigenvalue weighted by Crippen LogP contribution is 2.29. The summed E-state index contributed by atoms with van der Waals surface area (Å²) in [5, 5.41) is 2.74. The summed E-state index contributed by atoms with van der Waals surface area (Å²) in [5.41, 5.74) is 3.72. The second kappa shape index (κ2) is 7.84. The number of carbonyl (C=O) groups is 2. The fourth-order valence-electron chi connectivity index (χ4n) is 2.90. The van der Waals surface area contributed by atoms with Gasteiger partial charge in [0, 0.05) is 12.8 Å². The molecule has 0 aliphatic carbocycles. The van der Waals surface area contributed by atoms with E-state index in [-0.39, 0.29) is 11.0 Å². The Morgan fingerprint density at radius 2 is 1.84 bits per heavy atom. The van der Waals surface area contributed by atoms with E-state index in [0.717, 1.165) is 28.9 Å². The number of thiocarbonyl (C=S) groups is 1. The Balaban J connectivity index is 2.32. The molecule has 0 radical (unpaired) electrons. The molecule has 1 fully saturated rings. The van der Waals surface area contributed by atoms with Crippen molar-refractivity contribution in [3.05, 3.63) is 28.8 Å². The quantitative estimate of drug-likeness (QED) is 0.492. The highest BCUT2D eigenvalue weighted by molar-refractivity contribution is 7.80. The van der Waals surface area contributed by atoms with E-state index in [1.807, 2.05) is 51.9 Å². The van der Waals surface area contributed by atoms with E-state index in [4.69, 9.17) is 12.2 Å². The second-order valence-corrected chi connectivity index (χ2v) is 6.94. The van der Waals surface area contributed by atoms with Crippen molar-refractivity contribution in [2.75, 3.05) is 32.1 Å². The summed E-state index contributed by atoms with van der Waals surface area (Å²) in [4.78, 5) is 32.8. The normalized spacial score (nSPS) is 18.4. The molecular formula is C18H24N4O2S. The zero-order valence-electron chi connectivity index (χ0n) is 15.3. The summed E-state index contributed by atoms with van der Waals surface area (Å²) < 4.78 is 0. The van der Waals surface area contributed by atoms with Gasteiger partial charge in [0.15, 0.2) is 11.0 Å². The summed E-state index contributed by atoms with van der Waals surface area (Å²) in [6.45, 7) is 7.14. The summed E-state index contributed by atoms with van der Waals surface area (Å²) >= 11 is 5.26. The van der Waals surface area contributed by atoms with Crippen molar-refractivity contribution in [3.8, 4) is 0 Å². The average molecular weight is 360 g/mol. The van der Waals surface area contributed by atoms with E-state index in [1.54, 1.807) is 0 Å². The van der Waals surface area contributed by atoms with Gasteiger partial charge in [0.2, 0.25) is 5.91 Å². The number of rotatable bonds is 5. The zero-order chi connectivity index (χ0) is 18.7. The summed E-state index contributed by atoms with van der Waals surface area (Å²) in [7, 11) is 3.88. The summed E-state index contributed by atoms with van der Waals surface area (Å²) in [6, 6.07) is 3.99. The standard InChI is InChI=1S/C18H24N4O2S/c1-11-8-12(2)15(13(3)9-11)22-17(24)14(16(23)20-18(22)25)10-19-6-7-21(4)5/h8-10,14H,6-7H2,1-5H3,(H,20,23,25)/t14-/m0/s1. The molecule has 0 unspecified atom stereocenters. The molecule has 1 atom stereocenters. The van der Waals surface area contributed by atoms with Crippen LogP contribution in [0.1, 0.15) is 16.7 Å². The van der Waals surface area contributed by atoms with Crippen LogP contribution in [-0.4, -0.2) is 55.2 Å². The molecule has 0 aromatic heterocycles. The fraction of sp³-hybridized carbons (Fsp3) is 0.444. The highest BCUT2D eigenvalue weighted by Gasteiger charge is 2.39. The van der Waals surface area contributed by atoms with Gasteiger partial charge in [-0.2, -0.15) is 0 Å². The number of hydrogen-bond acceptors (Lipinski definition) is 5. The molecule has 1 N–H and O–H groups in total. The number of aryl methyl sites for hydroxylation is 3. The predicted molar refractivity (Wildman–Crippen MR) is 104 cm³/mol. The molecule has 0 spiro atoms. The first kappa shape index (κ1) is 19.2. The van der Waals surface area contributed by atoms with Crippen molar-refractivity contribution >= 4 is 41.0 Å². The van der Waals surface area contributed by atoms with E-state index >= 15 is 0 Å². The first-order valence-electron chi connectivity index (χ1n) is 8.13. The van der Waals surface area contributed by atoms with Crippen LogP contribution >= 0.6 is 12.2 Å². The number of anilines is 1. The number of benzene rings is 1. The second-order valence-electron chi connectivity index (χ2n) is 6.55. The van der Waals surface area contributed by atoms with Crippen LogP contribution in [0.15, 0.2) is 17.1 Å². The van der Waals surface area contributed by atoms with Gasteiger partial charge in [0.1, 0.15) is 0 Å².